The Hall–Kier alpha value is -0.890. The van der Waals surface area contributed by atoms with Crippen molar-refractivity contribution in [2.75, 3.05) is 11.1 Å². The van der Waals surface area contributed by atoms with Gasteiger partial charge in [-0.1, -0.05) is 53.9 Å². The molecule has 1 saturated heterocycles. The number of hydrogen-bond acceptors (Lipinski definition) is 5. The van der Waals surface area contributed by atoms with Crippen LogP contribution < -0.4 is 5.32 Å². The maximum atomic E-state index is 11.9. The molecule has 0 spiro atoms. The Morgan fingerprint density at radius 3 is 2.91 bits per heavy atom. The molecule has 2 aliphatic heterocycles. The summed E-state index contributed by atoms with van der Waals surface area (Å²) in [6.45, 7) is 1.68. The first-order valence-corrected chi connectivity index (χ1v) is 9.39. The number of nitrogens with one attached hydrogen (secondary N) is 1. The van der Waals surface area contributed by atoms with Gasteiger partial charge in [0.2, 0.25) is 5.37 Å². The van der Waals surface area contributed by atoms with Gasteiger partial charge in [0.15, 0.2) is 12.1 Å². The molecule has 0 bridgehead atoms. The molecule has 0 aromatic heterocycles. The van der Waals surface area contributed by atoms with E-state index in [0.29, 0.717) is 0 Å². The number of rotatable bonds is 4. The van der Waals surface area contributed by atoms with Gasteiger partial charge in [0, 0.05) is 11.4 Å². The van der Waals surface area contributed by atoms with Crippen molar-refractivity contribution in [2.45, 2.75) is 23.7 Å². The summed E-state index contributed by atoms with van der Waals surface area (Å²) < 4.78 is 2.48. The molecule has 3 rings (SSSR count). The molecular weight excluding hydrogens is 336 g/mol. The normalized spacial score (nSPS) is 27.6. The average Bonchev–Trinajstić information content (AvgIpc) is 2.84. The van der Waals surface area contributed by atoms with Crippen molar-refractivity contribution in [1.82, 2.24) is 0 Å². The zero-order valence-corrected chi connectivity index (χ0v) is 14.5. The summed E-state index contributed by atoms with van der Waals surface area (Å²) >= 11 is 8.65. The molecule has 22 heavy (non-hydrogen) atoms. The van der Waals surface area contributed by atoms with Gasteiger partial charge in [0.05, 0.1) is 11.4 Å². The van der Waals surface area contributed by atoms with Gasteiger partial charge in [-0.25, -0.2) is 4.79 Å². The van der Waals surface area contributed by atoms with E-state index >= 15 is 0 Å². The summed E-state index contributed by atoms with van der Waals surface area (Å²) in [6.07, 6.45) is 1.39. The molecule has 7 heteroatoms. The van der Waals surface area contributed by atoms with Crippen LogP contribution >= 0.6 is 35.7 Å². The number of carbonyl (C=O) groups is 1. The first-order valence-electron chi connectivity index (χ1n) is 7.06. The standard InChI is InChI=1S/C15H16N2O2S3/c1-9(18)12-13(19)17-7-11(22-14(12)17)8-21-15(20)16-10-5-3-2-4-6-10/h2-7,9,11-12,14,18H,8H2,1H3/p+1/t9-,11?,12+,14-/m1/s1. The van der Waals surface area contributed by atoms with E-state index in [9.17, 15) is 9.90 Å². The number of aliphatic hydroxyl groups excluding tert-OH is 1. The summed E-state index contributed by atoms with van der Waals surface area (Å²) in [6, 6.07) is 9.83. The van der Waals surface area contributed by atoms with Crippen LogP contribution in [0.2, 0.25) is 0 Å². The molecule has 4 nitrogen and oxygen atoms in total. The summed E-state index contributed by atoms with van der Waals surface area (Å²) in [5.74, 6) is 0.589. The third-order valence-electron chi connectivity index (χ3n) is 3.68. The number of β-lactam (4-membered cyclic amide) rings is 1. The lowest BCUT2D eigenvalue weighted by Gasteiger charge is -2.27. The van der Waals surface area contributed by atoms with Gasteiger partial charge in [-0.3, -0.25) is 0 Å². The molecule has 1 unspecified atom stereocenters. The molecule has 2 aliphatic rings. The second-order valence-electron chi connectivity index (χ2n) is 5.32. The van der Waals surface area contributed by atoms with Crippen molar-refractivity contribution in [1.29, 1.82) is 0 Å². The Morgan fingerprint density at radius 2 is 2.23 bits per heavy atom. The molecule has 1 fully saturated rings. The predicted octanol–water partition coefficient (Wildman–Crippen LogP) is 2.18. The number of nitrogens with zero attached hydrogens (tertiary/aromatic N) is 1. The van der Waals surface area contributed by atoms with Gasteiger partial charge >= 0.3 is 5.91 Å². The molecule has 116 valence electrons. The highest BCUT2D eigenvalue weighted by atomic mass is 32.2. The fourth-order valence-corrected chi connectivity index (χ4v) is 5.38. The maximum Gasteiger partial charge on any atom is 0.401 e. The van der Waals surface area contributed by atoms with Crippen LogP contribution in [0.5, 0.6) is 0 Å². The molecule has 4 atom stereocenters. The quantitative estimate of drug-likeness (QED) is 0.492. The smallest absolute Gasteiger partial charge is 0.392 e. The van der Waals surface area contributed by atoms with E-state index in [4.69, 9.17) is 12.2 Å². The van der Waals surface area contributed by atoms with E-state index in [0.717, 1.165) is 15.8 Å². The van der Waals surface area contributed by atoms with Crippen LogP contribution in [0.3, 0.4) is 0 Å². The molecule has 0 saturated carbocycles. The second kappa shape index (κ2) is 6.70. The molecule has 1 aromatic rings. The lowest BCUT2D eigenvalue weighted by Crippen LogP contribution is -2.55. The van der Waals surface area contributed by atoms with Crippen LogP contribution in [0.15, 0.2) is 30.3 Å². The molecule has 0 radical (unpaired) electrons. The Labute approximate surface area is 143 Å². The zero-order chi connectivity index (χ0) is 15.7. The van der Waals surface area contributed by atoms with Crippen LogP contribution in [0.4, 0.5) is 5.69 Å². The summed E-state index contributed by atoms with van der Waals surface area (Å²) in [5, 5.41) is 13.2. The lowest BCUT2D eigenvalue weighted by molar-refractivity contribution is -0.519. The number of para-hydroxylation sites is 1. The van der Waals surface area contributed by atoms with Crippen molar-refractivity contribution >= 4 is 57.9 Å². The van der Waals surface area contributed by atoms with E-state index in [1.54, 1.807) is 35.0 Å². The molecule has 1 aromatic carbocycles. The van der Waals surface area contributed by atoms with Crippen LogP contribution in [-0.2, 0) is 4.79 Å². The molecule has 2 N–H and O–H groups in total. The number of carbonyl (C=O) groups excluding carboxylic acids is 1. The largest absolute Gasteiger partial charge is 0.401 e. The number of fused-ring (bicyclic) bond motifs is 1. The van der Waals surface area contributed by atoms with Gasteiger partial charge in [0.1, 0.15) is 4.32 Å². The van der Waals surface area contributed by atoms with E-state index in [-0.39, 0.29) is 22.4 Å². The minimum atomic E-state index is -0.582. The van der Waals surface area contributed by atoms with Crippen molar-refractivity contribution < 1.29 is 14.5 Å². The van der Waals surface area contributed by atoms with Crippen molar-refractivity contribution in [3.63, 3.8) is 0 Å². The van der Waals surface area contributed by atoms with E-state index in [1.807, 2.05) is 36.5 Å². The maximum absolute atomic E-state index is 11.9. The Balaban J connectivity index is 1.49. The minimum absolute atomic E-state index is 0.0324. The number of amides is 1. The Kier molecular flexibility index (Phi) is 4.87. The number of thiocarbonyl (C=S) groups is 1. The number of anilines is 1. The highest BCUT2D eigenvalue weighted by Crippen LogP contribution is 2.40. The van der Waals surface area contributed by atoms with E-state index in [2.05, 4.69) is 5.32 Å². The minimum Gasteiger partial charge on any atom is -0.392 e. The fourth-order valence-electron chi connectivity index (χ4n) is 2.57. The third kappa shape index (κ3) is 3.22. The van der Waals surface area contributed by atoms with Gasteiger partial charge in [0.25, 0.3) is 0 Å². The monoisotopic (exact) mass is 353 g/mol. The topological polar surface area (TPSA) is 52.3 Å². The fraction of sp³-hybridized carbons (Fsp3) is 0.400. The first-order chi connectivity index (χ1) is 10.6. The van der Waals surface area contributed by atoms with Crippen molar-refractivity contribution in [3.8, 4) is 0 Å². The van der Waals surface area contributed by atoms with Crippen LogP contribution in [0.25, 0.3) is 0 Å². The highest BCUT2D eigenvalue weighted by Gasteiger charge is 2.61. The van der Waals surface area contributed by atoms with Gasteiger partial charge in [-0.2, -0.15) is 4.58 Å². The lowest BCUT2D eigenvalue weighted by atomic mass is 9.95. The molecular formula is C15H17N2O2S3+. The number of aliphatic hydroxyl groups is 1. The number of hydrogen-bond donors (Lipinski definition) is 2. The summed E-state index contributed by atoms with van der Waals surface area (Å²) in [5.41, 5.74) is 0.983. The van der Waals surface area contributed by atoms with Crippen molar-refractivity contribution in [3.05, 3.63) is 30.3 Å². The first kappa shape index (κ1) is 16.0. The van der Waals surface area contributed by atoms with Crippen LogP contribution in [-0.4, -0.2) is 48.6 Å². The Bertz CT molecular complexity index is 618. The molecule has 2 heterocycles. The van der Waals surface area contributed by atoms with E-state index < -0.39 is 6.10 Å². The van der Waals surface area contributed by atoms with Gasteiger partial charge < -0.3 is 10.4 Å². The third-order valence-corrected chi connectivity index (χ3v) is 6.67. The molecule has 1 amide bonds. The predicted molar refractivity (Wildman–Crippen MR) is 96.8 cm³/mol. The number of thioether (sulfide) groups is 2. The van der Waals surface area contributed by atoms with Crippen LogP contribution in [0, 0.1) is 5.92 Å². The second-order valence-corrected chi connectivity index (χ2v) is 8.37. The molecule has 0 aliphatic carbocycles. The van der Waals surface area contributed by atoms with Gasteiger partial charge in [-0.15, -0.1) is 0 Å². The van der Waals surface area contributed by atoms with Gasteiger partial charge in [-0.05, 0) is 19.1 Å². The summed E-state index contributed by atoms with van der Waals surface area (Å²) in [7, 11) is 0. The zero-order valence-electron chi connectivity index (χ0n) is 12.0. The SMILES string of the molecule is C[C@@H](O)[C@H]1C(=O)[N+]2=CC(CSC(=S)Nc3ccccc3)S[C@H]12. The highest BCUT2D eigenvalue weighted by molar-refractivity contribution is 8.23. The Morgan fingerprint density at radius 1 is 1.50 bits per heavy atom. The average molecular weight is 354 g/mol. The number of benzene rings is 1. The summed E-state index contributed by atoms with van der Waals surface area (Å²) in [4.78, 5) is 11.9. The van der Waals surface area contributed by atoms with Crippen LogP contribution in [0.1, 0.15) is 6.92 Å². The van der Waals surface area contributed by atoms with Crippen molar-refractivity contribution in [2.24, 2.45) is 5.92 Å². The van der Waals surface area contributed by atoms with E-state index in [1.165, 1.54) is 0 Å².